The molecule has 0 aliphatic heterocycles. The van der Waals surface area contributed by atoms with Gasteiger partial charge in [0.25, 0.3) is 0 Å². The van der Waals surface area contributed by atoms with Crippen LogP contribution in [0.1, 0.15) is 28.1 Å². The minimum Gasteiger partial charge on any atom is -0.358 e. The van der Waals surface area contributed by atoms with Crippen molar-refractivity contribution < 1.29 is 0 Å². The predicted octanol–water partition coefficient (Wildman–Crippen LogP) is 2.56. The van der Waals surface area contributed by atoms with Gasteiger partial charge in [0.2, 0.25) is 0 Å². The van der Waals surface area contributed by atoms with E-state index in [-0.39, 0.29) is 0 Å². The van der Waals surface area contributed by atoms with Crippen LogP contribution in [-0.4, -0.2) is 15.2 Å². The van der Waals surface area contributed by atoms with Crippen molar-refractivity contribution in [2.45, 2.75) is 26.8 Å². The van der Waals surface area contributed by atoms with Gasteiger partial charge >= 0.3 is 0 Å². The van der Waals surface area contributed by atoms with Gasteiger partial charge in [-0.1, -0.05) is 11.6 Å². The number of hydrogen-bond acceptors (Lipinski definition) is 2. The molecule has 4 nitrogen and oxygen atoms in total. The van der Waals surface area contributed by atoms with E-state index < -0.39 is 0 Å². The fraction of sp³-hybridized carbons (Fsp3) is 0.267. The lowest BCUT2D eigenvalue weighted by Gasteiger charge is -2.00. The first-order valence-electron chi connectivity index (χ1n) is 6.48. The Balaban J connectivity index is 2.04. The van der Waals surface area contributed by atoms with Crippen LogP contribution in [0.3, 0.4) is 0 Å². The molecule has 0 aliphatic rings. The summed E-state index contributed by atoms with van der Waals surface area (Å²) in [5, 5.41) is 8.32. The first-order chi connectivity index (χ1) is 9.19. The van der Waals surface area contributed by atoms with E-state index in [1.807, 2.05) is 6.20 Å². The van der Waals surface area contributed by atoms with Crippen LogP contribution in [0.4, 0.5) is 0 Å². The Hall–Kier alpha value is -2.07. The van der Waals surface area contributed by atoms with Gasteiger partial charge in [0, 0.05) is 35.1 Å². The number of H-pyrrole nitrogens is 2. The zero-order valence-electron chi connectivity index (χ0n) is 11.2. The van der Waals surface area contributed by atoms with Crippen LogP contribution in [0.5, 0.6) is 0 Å². The first-order valence-corrected chi connectivity index (χ1v) is 6.48. The van der Waals surface area contributed by atoms with Crippen molar-refractivity contribution in [1.29, 1.82) is 0 Å². The predicted molar refractivity (Wildman–Crippen MR) is 77.1 cm³/mol. The van der Waals surface area contributed by atoms with Crippen LogP contribution < -0.4 is 5.73 Å². The molecule has 98 valence electrons. The average molecular weight is 254 g/mol. The largest absolute Gasteiger partial charge is 0.358 e. The van der Waals surface area contributed by atoms with E-state index in [9.17, 15) is 0 Å². The lowest BCUT2D eigenvalue weighted by molar-refractivity contribution is 0.929. The molecule has 3 aromatic rings. The Bertz CT molecular complexity index is 721. The van der Waals surface area contributed by atoms with Gasteiger partial charge in [0.1, 0.15) is 0 Å². The molecule has 1 aromatic carbocycles. The van der Waals surface area contributed by atoms with Gasteiger partial charge in [0.05, 0.1) is 11.9 Å². The molecule has 2 aromatic heterocycles. The van der Waals surface area contributed by atoms with E-state index in [1.54, 1.807) is 0 Å². The highest BCUT2D eigenvalue weighted by Crippen LogP contribution is 2.25. The number of nitrogens with zero attached hydrogens (tertiary/aromatic N) is 1. The van der Waals surface area contributed by atoms with Gasteiger partial charge in [0.15, 0.2) is 0 Å². The summed E-state index contributed by atoms with van der Waals surface area (Å²) in [6.07, 6.45) is 2.70. The van der Waals surface area contributed by atoms with Crippen molar-refractivity contribution in [3.05, 3.63) is 52.5 Å². The zero-order valence-corrected chi connectivity index (χ0v) is 11.2. The fourth-order valence-corrected chi connectivity index (χ4v) is 2.53. The normalized spacial score (nSPS) is 11.3. The molecular weight excluding hydrogens is 236 g/mol. The Labute approximate surface area is 112 Å². The minimum absolute atomic E-state index is 0.494. The maximum Gasteiger partial charge on any atom is 0.0526 e. The first kappa shape index (κ1) is 12.0. The maximum atomic E-state index is 5.70. The third-order valence-electron chi connectivity index (χ3n) is 3.70. The van der Waals surface area contributed by atoms with Crippen molar-refractivity contribution in [2.24, 2.45) is 5.73 Å². The topological polar surface area (TPSA) is 70.5 Å². The van der Waals surface area contributed by atoms with Gasteiger partial charge in [-0.2, -0.15) is 5.10 Å². The van der Waals surface area contributed by atoms with Gasteiger partial charge in [-0.3, -0.25) is 5.10 Å². The molecule has 0 atom stereocenters. The van der Waals surface area contributed by atoms with Crippen LogP contribution in [0.2, 0.25) is 0 Å². The molecule has 0 unspecified atom stereocenters. The number of aryl methyl sites for hydroxylation is 2. The maximum absolute atomic E-state index is 5.70. The Morgan fingerprint density at radius 1 is 1.21 bits per heavy atom. The molecule has 0 spiro atoms. The molecule has 0 bridgehead atoms. The van der Waals surface area contributed by atoms with Gasteiger partial charge in [-0.05, 0) is 31.5 Å². The van der Waals surface area contributed by atoms with Crippen molar-refractivity contribution in [2.75, 3.05) is 0 Å². The third kappa shape index (κ3) is 2.04. The average Bonchev–Trinajstić information content (AvgIpc) is 2.97. The lowest BCUT2D eigenvalue weighted by Crippen LogP contribution is -2.01. The summed E-state index contributed by atoms with van der Waals surface area (Å²) in [6, 6.07) is 6.50. The van der Waals surface area contributed by atoms with Gasteiger partial charge in [-0.25, -0.2) is 0 Å². The molecule has 4 N–H and O–H groups in total. The second-order valence-electron chi connectivity index (χ2n) is 5.03. The van der Waals surface area contributed by atoms with Crippen LogP contribution >= 0.6 is 0 Å². The molecular formula is C15H18N4. The molecule has 0 saturated heterocycles. The number of hydrogen-bond donors (Lipinski definition) is 3. The lowest BCUT2D eigenvalue weighted by atomic mass is 10.1. The number of nitrogens with one attached hydrogen (secondary N) is 2. The molecule has 0 aliphatic carbocycles. The van der Waals surface area contributed by atoms with Crippen molar-refractivity contribution in [3.8, 4) is 0 Å². The summed E-state index contributed by atoms with van der Waals surface area (Å²) < 4.78 is 0. The third-order valence-corrected chi connectivity index (χ3v) is 3.70. The summed E-state index contributed by atoms with van der Waals surface area (Å²) in [5.41, 5.74) is 12.9. The fourth-order valence-electron chi connectivity index (χ4n) is 2.53. The second-order valence-corrected chi connectivity index (χ2v) is 5.03. The van der Waals surface area contributed by atoms with E-state index in [2.05, 4.69) is 47.2 Å². The van der Waals surface area contributed by atoms with E-state index in [0.29, 0.717) is 6.54 Å². The number of rotatable bonds is 3. The summed E-state index contributed by atoms with van der Waals surface area (Å²) in [5.74, 6) is 0. The van der Waals surface area contributed by atoms with E-state index in [0.717, 1.165) is 17.7 Å². The highest BCUT2D eigenvalue weighted by atomic mass is 15.1. The number of benzene rings is 1. The van der Waals surface area contributed by atoms with Crippen LogP contribution in [-0.2, 0) is 13.0 Å². The summed E-state index contributed by atoms with van der Waals surface area (Å²) >= 11 is 0. The Kier molecular flexibility index (Phi) is 2.87. The summed E-state index contributed by atoms with van der Waals surface area (Å²) in [6.45, 7) is 4.78. The van der Waals surface area contributed by atoms with Crippen LogP contribution in [0, 0.1) is 13.8 Å². The number of aromatic amines is 2. The minimum atomic E-state index is 0.494. The molecule has 2 heterocycles. The highest BCUT2D eigenvalue weighted by Gasteiger charge is 2.11. The zero-order chi connectivity index (χ0) is 13.4. The van der Waals surface area contributed by atoms with E-state index in [1.165, 1.54) is 27.7 Å². The van der Waals surface area contributed by atoms with Gasteiger partial charge < -0.3 is 10.7 Å². The molecule has 19 heavy (non-hydrogen) atoms. The van der Waals surface area contributed by atoms with E-state index in [4.69, 9.17) is 5.73 Å². The molecule has 4 heteroatoms. The number of nitrogens with two attached hydrogens (primary N) is 1. The van der Waals surface area contributed by atoms with Crippen LogP contribution in [0.15, 0.2) is 24.4 Å². The Morgan fingerprint density at radius 2 is 2.05 bits per heavy atom. The number of aromatic nitrogens is 3. The SMILES string of the molecule is Cc1ccc2[nH]c(Cc3cn[nH]c3CN)c(C)c2c1. The molecule has 0 fully saturated rings. The summed E-state index contributed by atoms with van der Waals surface area (Å²) in [7, 11) is 0. The highest BCUT2D eigenvalue weighted by molar-refractivity contribution is 5.85. The summed E-state index contributed by atoms with van der Waals surface area (Å²) in [4.78, 5) is 3.50. The van der Waals surface area contributed by atoms with Crippen molar-refractivity contribution in [1.82, 2.24) is 15.2 Å². The van der Waals surface area contributed by atoms with Gasteiger partial charge in [-0.15, -0.1) is 0 Å². The molecule has 0 radical (unpaired) electrons. The smallest absolute Gasteiger partial charge is 0.0526 e. The standard InChI is InChI=1S/C15H18N4/c1-9-3-4-13-12(5-9)10(2)14(18-13)6-11-8-17-19-15(11)7-16/h3-5,8,18H,6-7,16H2,1-2H3,(H,17,19). The quantitative estimate of drug-likeness (QED) is 0.672. The number of fused-ring (bicyclic) bond motifs is 1. The Morgan fingerprint density at radius 3 is 2.84 bits per heavy atom. The molecule has 3 rings (SSSR count). The molecule has 0 amide bonds. The van der Waals surface area contributed by atoms with Crippen molar-refractivity contribution in [3.63, 3.8) is 0 Å². The van der Waals surface area contributed by atoms with E-state index >= 15 is 0 Å². The molecule has 0 saturated carbocycles. The van der Waals surface area contributed by atoms with Crippen molar-refractivity contribution >= 4 is 10.9 Å². The second kappa shape index (κ2) is 4.55. The van der Waals surface area contributed by atoms with Crippen LogP contribution in [0.25, 0.3) is 10.9 Å². The monoisotopic (exact) mass is 254 g/mol.